The Morgan fingerprint density at radius 2 is 1.67 bits per heavy atom. The highest BCUT2D eigenvalue weighted by molar-refractivity contribution is 5.96. The number of benzene rings is 2. The van der Waals surface area contributed by atoms with Crippen LogP contribution in [0.2, 0.25) is 0 Å². The smallest absolute Gasteiger partial charge is 0.453 e. The third-order valence-corrected chi connectivity index (χ3v) is 6.20. The average Bonchev–Trinajstić information content (AvgIpc) is 3.33. The van der Waals surface area contributed by atoms with Crippen molar-refractivity contribution in [3.63, 3.8) is 0 Å². The second-order valence-electron chi connectivity index (χ2n) is 8.52. The molecule has 0 N–H and O–H groups in total. The molecular weight excluding hydrogens is 473 g/mol. The molecule has 4 aromatic rings. The van der Waals surface area contributed by atoms with Crippen molar-refractivity contribution < 1.29 is 22.7 Å². The molecule has 2 aromatic heterocycles. The molecule has 0 saturated carbocycles. The SMILES string of the molecule is CN(C(=O)C1CCN(c2ccc3nnc(C(F)(F)F)n3n2)CC1)c1ccccc1Oc1ccccc1. The first-order valence-corrected chi connectivity index (χ1v) is 11.5. The molecule has 8 nitrogen and oxygen atoms in total. The minimum atomic E-state index is -4.66. The van der Waals surface area contributed by atoms with Gasteiger partial charge in [0.1, 0.15) is 11.6 Å². The molecule has 1 amide bonds. The minimum absolute atomic E-state index is 0.0224. The average molecular weight is 496 g/mol. The standard InChI is InChI=1S/C25H23F3N6O2/c1-32(19-9-5-6-10-20(19)36-18-7-3-2-4-8-18)23(35)17-13-15-33(16-14-17)22-12-11-21-29-30-24(25(26,27)28)34(21)31-22/h2-12,17H,13-16H2,1H3. The normalized spacial score (nSPS) is 14.7. The summed E-state index contributed by atoms with van der Waals surface area (Å²) in [6.07, 6.45) is -3.58. The third-order valence-electron chi connectivity index (χ3n) is 6.20. The van der Waals surface area contributed by atoms with E-state index in [1.807, 2.05) is 59.5 Å². The predicted molar refractivity (Wildman–Crippen MR) is 127 cm³/mol. The number of piperidine rings is 1. The summed E-state index contributed by atoms with van der Waals surface area (Å²) >= 11 is 0. The number of fused-ring (bicyclic) bond motifs is 1. The lowest BCUT2D eigenvalue weighted by Gasteiger charge is -2.34. The van der Waals surface area contributed by atoms with E-state index >= 15 is 0 Å². The monoisotopic (exact) mass is 496 g/mol. The van der Waals surface area contributed by atoms with Gasteiger partial charge < -0.3 is 14.5 Å². The van der Waals surface area contributed by atoms with E-state index in [1.165, 1.54) is 6.07 Å². The van der Waals surface area contributed by atoms with Gasteiger partial charge in [-0.05, 0) is 49.2 Å². The van der Waals surface area contributed by atoms with Crippen molar-refractivity contribution in [3.05, 3.63) is 72.6 Å². The minimum Gasteiger partial charge on any atom is -0.455 e. The summed E-state index contributed by atoms with van der Waals surface area (Å²) in [5.41, 5.74) is 0.683. The highest BCUT2D eigenvalue weighted by Gasteiger charge is 2.38. The number of halogens is 3. The van der Waals surface area contributed by atoms with Gasteiger partial charge in [0.15, 0.2) is 11.4 Å². The van der Waals surface area contributed by atoms with Crippen LogP contribution in [-0.2, 0) is 11.0 Å². The van der Waals surface area contributed by atoms with Gasteiger partial charge in [-0.1, -0.05) is 30.3 Å². The van der Waals surface area contributed by atoms with Crippen LogP contribution in [0, 0.1) is 5.92 Å². The van der Waals surface area contributed by atoms with E-state index < -0.39 is 12.0 Å². The zero-order chi connectivity index (χ0) is 25.3. The van der Waals surface area contributed by atoms with Gasteiger partial charge in [-0.3, -0.25) is 4.79 Å². The van der Waals surface area contributed by atoms with Crippen molar-refractivity contribution in [2.24, 2.45) is 5.92 Å². The van der Waals surface area contributed by atoms with Crippen molar-refractivity contribution in [1.29, 1.82) is 0 Å². The van der Waals surface area contributed by atoms with Crippen LogP contribution in [0.3, 0.4) is 0 Å². The van der Waals surface area contributed by atoms with E-state index in [4.69, 9.17) is 4.74 Å². The molecule has 0 aliphatic carbocycles. The highest BCUT2D eigenvalue weighted by Crippen LogP contribution is 2.34. The number of amides is 1. The van der Waals surface area contributed by atoms with Crippen LogP contribution >= 0.6 is 0 Å². The number of nitrogens with zero attached hydrogens (tertiary/aromatic N) is 6. The molecule has 0 atom stereocenters. The summed E-state index contributed by atoms with van der Waals surface area (Å²) in [4.78, 5) is 16.8. The van der Waals surface area contributed by atoms with Gasteiger partial charge in [-0.2, -0.15) is 17.7 Å². The molecule has 36 heavy (non-hydrogen) atoms. The number of hydrogen-bond acceptors (Lipinski definition) is 6. The van der Waals surface area contributed by atoms with Gasteiger partial charge in [0.05, 0.1) is 5.69 Å². The maximum Gasteiger partial charge on any atom is 0.453 e. The molecule has 0 radical (unpaired) electrons. The Morgan fingerprint density at radius 3 is 2.39 bits per heavy atom. The molecule has 5 rings (SSSR count). The van der Waals surface area contributed by atoms with E-state index in [2.05, 4.69) is 15.3 Å². The lowest BCUT2D eigenvalue weighted by molar-refractivity contribution is -0.146. The van der Waals surface area contributed by atoms with Crippen molar-refractivity contribution >= 4 is 23.1 Å². The first-order valence-electron chi connectivity index (χ1n) is 11.5. The fourth-order valence-electron chi connectivity index (χ4n) is 4.31. The Morgan fingerprint density at radius 1 is 0.972 bits per heavy atom. The molecule has 3 heterocycles. The second-order valence-corrected chi connectivity index (χ2v) is 8.52. The van der Waals surface area contributed by atoms with E-state index in [0.717, 1.165) is 0 Å². The number of para-hydroxylation sites is 3. The van der Waals surface area contributed by atoms with Crippen molar-refractivity contribution in [3.8, 4) is 11.5 Å². The zero-order valence-electron chi connectivity index (χ0n) is 19.4. The van der Waals surface area contributed by atoms with Gasteiger partial charge in [-0.15, -0.1) is 15.3 Å². The Kier molecular flexibility index (Phi) is 6.21. The number of carbonyl (C=O) groups excluding carboxylic acids is 1. The molecule has 186 valence electrons. The number of rotatable bonds is 5. The molecule has 1 aliphatic heterocycles. The summed E-state index contributed by atoms with van der Waals surface area (Å²) in [7, 11) is 1.72. The van der Waals surface area contributed by atoms with Gasteiger partial charge in [0.25, 0.3) is 5.82 Å². The maximum absolute atomic E-state index is 13.3. The van der Waals surface area contributed by atoms with Crippen molar-refractivity contribution in [1.82, 2.24) is 19.8 Å². The lowest BCUT2D eigenvalue weighted by Crippen LogP contribution is -2.41. The van der Waals surface area contributed by atoms with Crippen molar-refractivity contribution in [2.75, 3.05) is 29.9 Å². The Hall–Kier alpha value is -4.15. The van der Waals surface area contributed by atoms with Gasteiger partial charge in [-0.25, -0.2) is 0 Å². The fourth-order valence-corrected chi connectivity index (χ4v) is 4.31. The topological polar surface area (TPSA) is 75.9 Å². The number of aromatic nitrogens is 4. The van der Waals surface area contributed by atoms with Crippen LogP contribution in [0.4, 0.5) is 24.7 Å². The maximum atomic E-state index is 13.3. The number of alkyl halides is 3. The number of carbonyl (C=O) groups is 1. The lowest BCUT2D eigenvalue weighted by atomic mass is 9.95. The quantitative estimate of drug-likeness (QED) is 0.395. The Labute approximate surface area is 204 Å². The molecule has 0 unspecified atom stereocenters. The number of ether oxygens (including phenoxy) is 1. The summed E-state index contributed by atoms with van der Waals surface area (Å²) < 4.78 is 46.3. The molecule has 0 bridgehead atoms. The van der Waals surface area contributed by atoms with E-state index in [0.29, 0.717) is 53.5 Å². The molecular formula is C25H23F3N6O2. The first-order chi connectivity index (χ1) is 17.3. The molecule has 1 aliphatic rings. The summed E-state index contributed by atoms with van der Waals surface area (Å²) in [6, 6.07) is 19.8. The van der Waals surface area contributed by atoms with Gasteiger partial charge >= 0.3 is 6.18 Å². The Bertz CT molecular complexity index is 1370. The van der Waals surface area contributed by atoms with Crippen LogP contribution in [0.5, 0.6) is 11.5 Å². The van der Waals surface area contributed by atoms with E-state index in [9.17, 15) is 18.0 Å². The van der Waals surface area contributed by atoms with E-state index in [1.54, 1.807) is 18.0 Å². The van der Waals surface area contributed by atoms with Gasteiger partial charge in [0.2, 0.25) is 5.91 Å². The molecule has 1 fully saturated rings. The molecule has 1 saturated heterocycles. The molecule has 2 aromatic carbocycles. The Balaban J connectivity index is 1.27. The summed E-state index contributed by atoms with van der Waals surface area (Å²) in [6.45, 7) is 0.961. The van der Waals surface area contributed by atoms with E-state index in [-0.39, 0.29) is 17.5 Å². The zero-order valence-corrected chi connectivity index (χ0v) is 19.4. The largest absolute Gasteiger partial charge is 0.455 e. The first kappa shape index (κ1) is 23.6. The predicted octanol–water partition coefficient (Wildman–Crippen LogP) is 4.81. The van der Waals surface area contributed by atoms with Crippen LogP contribution in [0.25, 0.3) is 5.65 Å². The number of anilines is 2. The van der Waals surface area contributed by atoms with Crippen LogP contribution in [0.1, 0.15) is 18.7 Å². The van der Waals surface area contributed by atoms with Gasteiger partial charge in [0, 0.05) is 26.1 Å². The highest BCUT2D eigenvalue weighted by atomic mass is 19.4. The fraction of sp³-hybridized carbons (Fsp3) is 0.280. The molecule has 11 heteroatoms. The molecule has 0 spiro atoms. The summed E-state index contributed by atoms with van der Waals surface area (Å²) in [5, 5.41) is 10.9. The number of hydrogen-bond donors (Lipinski definition) is 0. The third kappa shape index (κ3) is 4.68. The van der Waals surface area contributed by atoms with Crippen LogP contribution in [0.15, 0.2) is 66.7 Å². The van der Waals surface area contributed by atoms with Crippen LogP contribution < -0.4 is 14.5 Å². The second kappa shape index (κ2) is 9.48. The van der Waals surface area contributed by atoms with Crippen LogP contribution in [-0.4, -0.2) is 45.9 Å². The van der Waals surface area contributed by atoms with Crippen molar-refractivity contribution in [2.45, 2.75) is 19.0 Å². The summed E-state index contributed by atoms with van der Waals surface area (Å²) in [5.74, 6) is 0.186.